The van der Waals surface area contributed by atoms with E-state index in [1.807, 2.05) is 19.1 Å². The van der Waals surface area contributed by atoms with Gasteiger partial charge in [-0.2, -0.15) is 4.31 Å². The molecule has 1 saturated carbocycles. The van der Waals surface area contributed by atoms with Gasteiger partial charge in [0.1, 0.15) is 0 Å². The average Bonchev–Trinajstić information content (AvgIpc) is 2.98. The third kappa shape index (κ3) is 2.29. The monoisotopic (exact) mass is 293 g/mol. The van der Waals surface area contributed by atoms with E-state index in [1.165, 1.54) is 25.7 Å². The molecule has 1 aromatic rings. The molecule has 110 valence electrons. The Kier molecular flexibility index (Phi) is 3.41. The number of nitrogens with zero attached hydrogens (tertiary/aromatic N) is 1. The van der Waals surface area contributed by atoms with Gasteiger partial charge in [0.2, 0.25) is 10.0 Å². The highest BCUT2D eigenvalue weighted by Crippen LogP contribution is 2.48. The molecular formula is C16H23NO2S. The Hall–Kier alpha value is -0.870. The number of benzene rings is 1. The van der Waals surface area contributed by atoms with Gasteiger partial charge in [0.25, 0.3) is 0 Å². The molecule has 2 aliphatic rings. The lowest BCUT2D eigenvalue weighted by Gasteiger charge is -2.23. The minimum atomic E-state index is -3.33. The zero-order valence-corrected chi connectivity index (χ0v) is 13.1. The zero-order chi connectivity index (χ0) is 14.4. The normalized spacial score (nSPS) is 26.4. The van der Waals surface area contributed by atoms with E-state index in [2.05, 4.69) is 6.92 Å². The van der Waals surface area contributed by atoms with E-state index in [9.17, 15) is 8.42 Å². The summed E-state index contributed by atoms with van der Waals surface area (Å²) in [6.45, 7) is 4.74. The van der Waals surface area contributed by atoms with Crippen LogP contribution in [0, 0.1) is 12.3 Å². The number of hydrogen-bond donors (Lipinski definition) is 0. The molecule has 0 aromatic heterocycles. The minimum absolute atomic E-state index is 0.124. The Balaban J connectivity index is 1.90. The molecule has 0 N–H and O–H groups in total. The van der Waals surface area contributed by atoms with E-state index in [-0.39, 0.29) is 11.5 Å². The fourth-order valence-corrected chi connectivity index (χ4v) is 5.68. The predicted octanol–water partition coefficient (Wildman–Crippen LogP) is 3.34. The summed E-state index contributed by atoms with van der Waals surface area (Å²) in [6, 6.07) is 7.34. The summed E-state index contributed by atoms with van der Waals surface area (Å²) in [5.74, 6) is 0. The van der Waals surface area contributed by atoms with Crippen molar-refractivity contribution in [3.8, 4) is 0 Å². The van der Waals surface area contributed by atoms with Gasteiger partial charge in [-0.3, -0.25) is 0 Å². The molecule has 0 radical (unpaired) electrons. The van der Waals surface area contributed by atoms with Crippen LogP contribution in [0.25, 0.3) is 0 Å². The van der Waals surface area contributed by atoms with Gasteiger partial charge in [-0.15, -0.1) is 0 Å². The maximum atomic E-state index is 12.8. The van der Waals surface area contributed by atoms with Crippen LogP contribution < -0.4 is 0 Å². The van der Waals surface area contributed by atoms with Crippen LogP contribution in [0.1, 0.15) is 44.6 Å². The van der Waals surface area contributed by atoms with Crippen LogP contribution in [0.2, 0.25) is 0 Å². The van der Waals surface area contributed by atoms with Crippen LogP contribution >= 0.6 is 0 Å². The highest BCUT2D eigenvalue weighted by Gasteiger charge is 2.47. The van der Waals surface area contributed by atoms with Gasteiger partial charge in [0.05, 0.1) is 4.90 Å². The lowest BCUT2D eigenvalue weighted by atomic mass is 9.84. The molecule has 3 nitrogen and oxygen atoms in total. The van der Waals surface area contributed by atoms with Crippen LogP contribution in [0.4, 0.5) is 0 Å². The summed E-state index contributed by atoms with van der Waals surface area (Å²) in [7, 11) is -3.33. The lowest BCUT2D eigenvalue weighted by molar-refractivity contribution is 0.313. The smallest absolute Gasteiger partial charge is 0.207 e. The standard InChI is InChI=1S/C16H23NO2S/c1-13-5-7-15(8-6-13)20(18,19)17-12-16(11-14(17)2)9-3-4-10-16/h5-8,14H,3-4,9-12H2,1-2H3. The van der Waals surface area contributed by atoms with Crippen LogP contribution in [0.5, 0.6) is 0 Å². The molecule has 1 aliphatic carbocycles. The second-order valence-electron chi connectivity index (χ2n) is 6.62. The first kappa shape index (κ1) is 14.1. The molecule has 2 fully saturated rings. The minimum Gasteiger partial charge on any atom is -0.207 e. The number of sulfonamides is 1. The van der Waals surface area contributed by atoms with Gasteiger partial charge in [-0.05, 0) is 50.7 Å². The molecule has 4 heteroatoms. The van der Waals surface area contributed by atoms with E-state index >= 15 is 0 Å². The second kappa shape index (κ2) is 4.85. The maximum Gasteiger partial charge on any atom is 0.243 e. The number of aryl methyl sites for hydroxylation is 1. The van der Waals surface area contributed by atoms with E-state index < -0.39 is 10.0 Å². The maximum absolute atomic E-state index is 12.8. The molecule has 0 amide bonds. The Morgan fingerprint density at radius 2 is 1.75 bits per heavy atom. The number of rotatable bonds is 2. The first-order chi connectivity index (χ1) is 9.43. The quantitative estimate of drug-likeness (QED) is 0.838. The van der Waals surface area contributed by atoms with Crippen molar-refractivity contribution in [2.24, 2.45) is 5.41 Å². The predicted molar refractivity (Wildman–Crippen MR) is 80.1 cm³/mol. The molecule has 20 heavy (non-hydrogen) atoms. The van der Waals surface area contributed by atoms with Crippen molar-refractivity contribution in [2.75, 3.05) is 6.54 Å². The Morgan fingerprint density at radius 3 is 2.35 bits per heavy atom. The molecule has 0 bridgehead atoms. The summed E-state index contributed by atoms with van der Waals surface area (Å²) in [5, 5.41) is 0. The first-order valence-corrected chi connectivity index (χ1v) is 8.96. The van der Waals surface area contributed by atoms with Gasteiger partial charge in [-0.25, -0.2) is 8.42 Å². The molecule has 3 rings (SSSR count). The molecule has 1 atom stereocenters. The molecular weight excluding hydrogens is 270 g/mol. The van der Waals surface area contributed by atoms with Crippen LogP contribution in [0.3, 0.4) is 0 Å². The summed E-state index contributed by atoms with van der Waals surface area (Å²) in [4.78, 5) is 0.435. The second-order valence-corrected chi connectivity index (χ2v) is 8.51. The van der Waals surface area contributed by atoms with Crippen molar-refractivity contribution in [3.05, 3.63) is 29.8 Å². The Morgan fingerprint density at radius 1 is 1.15 bits per heavy atom. The van der Waals surface area contributed by atoms with Crippen molar-refractivity contribution >= 4 is 10.0 Å². The van der Waals surface area contributed by atoms with Crippen molar-refractivity contribution in [1.29, 1.82) is 0 Å². The summed E-state index contributed by atoms with van der Waals surface area (Å²) < 4.78 is 27.4. The molecule has 1 aliphatic heterocycles. The van der Waals surface area contributed by atoms with Gasteiger partial charge < -0.3 is 0 Å². The van der Waals surface area contributed by atoms with Gasteiger partial charge in [0.15, 0.2) is 0 Å². The van der Waals surface area contributed by atoms with E-state index in [1.54, 1.807) is 16.4 Å². The summed E-state index contributed by atoms with van der Waals surface area (Å²) in [6.07, 6.45) is 5.92. The fourth-order valence-electron chi connectivity index (χ4n) is 3.93. The first-order valence-electron chi connectivity index (χ1n) is 7.52. The molecule has 1 aromatic carbocycles. The SMILES string of the molecule is Cc1ccc(S(=O)(=O)N2CC3(CCCC3)CC2C)cc1. The van der Waals surface area contributed by atoms with Gasteiger partial charge >= 0.3 is 0 Å². The fraction of sp³-hybridized carbons (Fsp3) is 0.625. The summed E-state index contributed by atoms with van der Waals surface area (Å²) >= 11 is 0. The molecule has 1 spiro atoms. The topological polar surface area (TPSA) is 37.4 Å². The largest absolute Gasteiger partial charge is 0.243 e. The van der Waals surface area contributed by atoms with Crippen molar-refractivity contribution < 1.29 is 8.42 Å². The van der Waals surface area contributed by atoms with Crippen molar-refractivity contribution in [1.82, 2.24) is 4.31 Å². The molecule has 1 heterocycles. The van der Waals surface area contributed by atoms with E-state index in [0.717, 1.165) is 12.0 Å². The molecule has 1 saturated heterocycles. The average molecular weight is 293 g/mol. The number of hydrogen-bond acceptors (Lipinski definition) is 2. The third-order valence-corrected chi connectivity index (χ3v) is 6.98. The van der Waals surface area contributed by atoms with Crippen LogP contribution in [-0.2, 0) is 10.0 Å². The van der Waals surface area contributed by atoms with Gasteiger partial charge in [-0.1, -0.05) is 30.5 Å². The third-order valence-electron chi connectivity index (χ3n) is 5.00. The lowest BCUT2D eigenvalue weighted by Crippen LogP contribution is -2.35. The Labute approximate surface area is 122 Å². The Bertz CT molecular complexity index is 585. The van der Waals surface area contributed by atoms with E-state index in [4.69, 9.17) is 0 Å². The zero-order valence-electron chi connectivity index (χ0n) is 12.3. The summed E-state index contributed by atoms with van der Waals surface area (Å²) in [5.41, 5.74) is 1.35. The molecule has 1 unspecified atom stereocenters. The van der Waals surface area contributed by atoms with Crippen LogP contribution in [0.15, 0.2) is 29.2 Å². The van der Waals surface area contributed by atoms with Crippen molar-refractivity contribution in [2.45, 2.75) is 56.9 Å². The highest BCUT2D eigenvalue weighted by molar-refractivity contribution is 7.89. The highest BCUT2D eigenvalue weighted by atomic mass is 32.2. The van der Waals surface area contributed by atoms with Crippen molar-refractivity contribution in [3.63, 3.8) is 0 Å². The van der Waals surface area contributed by atoms with E-state index in [0.29, 0.717) is 11.4 Å². The van der Waals surface area contributed by atoms with Crippen LogP contribution in [-0.4, -0.2) is 25.3 Å². The van der Waals surface area contributed by atoms with Gasteiger partial charge in [0, 0.05) is 12.6 Å².